The van der Waals surface area contributed by atoms with Crippen molar-refractivity contribution in [2.24, 2.45) is 0 Å². The maximum atomic E-state index is 11.9. The average Bonchev–Trinajstić information content (AvgIpc) is 2.47. The molecule has 0 N–H and O–H groups in total. The second-order valence-electron chi connectivity index (χ2n) is 4.85. The van der Waals surface area contributed by atoms with E-state index in [-0.39, 0.29) is 5.91 Å². The number of hydrogen-bond acceptors (Lipinski definition) is 2. The summed E-state index contributed by atoms with van der Waals surface area (Å²) >= 11 is 0. The van der Waals surface area contributed by atoms with Crippen molar-refractivity contribution in [1.29, 1.82) is 0 Å². The van der Waals surface area contributed by atoms with Crippen LogP contribution in [0.1, 0.15) is 6.92 Å². The first-order valence-electron chi connectivity index (χ1n) is 6.62. The molecule has 0 fully saturated rings. The number of amides is 1. The second kappa shape index (κ2) is 6.24. The first kappa shape index (κ1) is 14.1. The van der Waals surface area contributed by atoms with Crippen LogP contribution in [0.3, 0.4) is 0 Å². The molecule has 0 saturated heterocycles. The monoisotopic (exact) mass is 269 g/mol. The molecular formula is C17H19NO2. The summed E-state index contributed by atoms with van der Waals surface area (Å²) in [6.07, 6.45) is -0.505. The first-order valence-corrected chi connectivity index (χ1v) is 6.62. The van der Waals surface area contributed by atoms with E-state index < -0.39 is 6.10 Å². The van der Waals surface area contributed by atoms with Crippen LogP contribution in [0.15, 0.2) is 54.6 Å². The summed E-state index contributed by atoms with van der Waals surface area (Å²) in [5.41, 5.74) is 2.07. The third kappa shape index (κ3) is 3.18. The van der Waals surface area contributed by atoms with E-state index in [4.69, 9.17) is 4.74 Å². The molecule has 104 valence electrons. The van der Waals surface area contributed by atoms with Crippen molar-refractivity contribution in [3.63, 3.8) is 0 Å². The number of carbonyl (C=O) groups excluding carboxylic acids is 1. The van der Waals surface area contributed by atoms with Crippen LogP contribution in [0.5, 0.6) is 5.75 Å². The van der Waals surface area contributed by atoms with E-state index in [9.17, 15) is 4.79 Å². The maximum Gasteiger partial charge on any atom is 0.262 e. The fraction of sp³-hybridized carbons (Fsp3) is 0.235. The van der Waals surface area contributed by atoms with Gasteiger partial charge in [-0.05, 0) is 18.6 Å². The van der Waals surface area contributed by atoms with Crippen LogP contribution in [-0.2, 0) is 4.79 Å². The summed E-state index contributed by atoms with van der Waals surface area (Å²) in [7, 11) is 3.45. The van der Waals surface area contributed by atoms with Crippen LogP contribution < -0.4 is 4.74 Å². The quantitative estimate of drug-likeness (QED) is 0.853. The summed E-state index contributed by atoms with van der Waals surface area (Å²) in [6, 6.07) is 17.8. The predicted octanol–water partition coefficient (Wildman–Crippen LogP) is 3.21. The van der Waals surface area contributed by atoms with E-state index in [1.807, 2.05) is 54.6 Å². The molecule has 1 atom stereocenters. The van der Waals surface area contributed by atoms with Gasteiger partial charge in [-0.3, -0.25) is 4.79 Å². The van der Waals surface area contributed by atoms with Gasteiger partial charge in [0.05, 0.1) is 0 Å². The zero-order valence-corrected chi connectivity index (χ0v) is 12.0. The van der Waals surface area contributed by atoms with Crippen molar-refractivity contribution in [2.75, 3.05) is 14.1 Å². The number of ether oxygens (including phenoxy) is 1. The molecule has 0 bridgehead atoms. The van der Waals surface area contributed by atoms with Crippen LogP contribution in [0.4, 0.5) is 0 Å². The summed E-state index contributed by atoms with van der Waals surface area (Å²) < 4.78 is 5.83. The van der Waals surface area contributed by atoms with Crippen molar-refractivity contribution in [2.45, 2.75) is 13.0 Å². The molecule has 0 saturated carbocycles. The molecule has 0 unspecified atom stereocenters. The van der Waals surface area contributed by atoms with E-state index in [0.717, 1.165) is 16.9 Å². The number of benzene rings is 2. The fourth-order valence-corrected chi connectivity index (χ4v) is 2.03. The molecule has 1 amide bonds. The molecule has 2 aromatic carbocycles. The Morgan fingerprint density at radius 1 is 1.00 bits per heavy atom. The molecule has 20 heavy (non-hydrogen) atoms. The minimum atomic E-state index is -0.505. The molecule has 0 radical (unpaired) electrons. The molecular weight excluding hydrogens is 250 g/mol. The van der Waals surface area contributed by atoms with Crippen LogP contribution in [0.2, 0.25) is 0 Å². The Balaban J connectivity index is 2.28. The van der Waals surface area contributed by atoms with Gasteiger partial charge in [-0.2, -0.15) is 0 Å². The number of para-hydroxylation sites is 1. The highest BCUT2D eigenvalue weighted by Gasteiger charge is 2.18. The van der Waals surface area contributed by atoms with Crippen molar-refractivity contribution in [1.82, 2.24) is 4.90 Å². The van der Waals surface area contributed by atoms with Gasteiger partial charge in [0, 0.05) is 19.7 Å². The van der Waals surface area contributed by atoms with Gasteiger partial charge in [-0.1, -0.05) is 48.5 Å². The normalized spacial score (nSPS) is 11.8. The highest BCUT2D eigenvalue weighted by Crippen LogP contribution is 2.30. The molecule has 2 rings (SSSR count). The number of carbonyl (C=O) groups is 1. The highest BCUT2D eigenvalue weighted by atomic mass is 16.5. The Labute approximate surface area is 119 Å². The van der Waals surface area contributed by atoms with Gasteiger partial charge in [-0.25, -0.2) is 0 Å². The lowest BCUT2D eigenvalue weighted by atomic mass is 10.0. The lowest BCUT2D eigenvalue weighted by Crippen LogP contribution is -2.35. The molecule has 3 nitrogen and oxygen atoms in total. The van der Waals surface area contributed by atoms with Gasteiger partial charge < -0.3 is 9.64 Å². The molecule has 3 heteroatoms. The SMILES string of the molecule is C[C@@H](Oc1ccccc1-c1ccccc1)C(=O)N(C)C. The van der Waals surface area contributed by atoms with Crippen molar-refractivity contribution in [3.05, 3.63) is 54.6 Å². The zero-order valence-electron chi connectivity index (χ0n) is 12.0. The van der Waals surface area contributed by atoms with Crippen LogP contribution in [-0.4, -0.2) is 31.0 Å². The van der Waals surface area contributed by atoms with E-state index in [2.05, 4.69) is 0 Å². The molecule has 0 heterocycles. The predicted molar refractivity (Wildman–Crippen MR) is 80.7 cm³/mol. The van der Waals surface area contributed by atoms with Crippen molar-refractivity contribution >= 4 is 5.91 Å². The largest absolute Gasteiger partial charge is 0.480 e. The summed E-state index contributed by atoms with van der Waals surface area (Å²) in [4.78, 5) is 13.4. The second-order valence-corrected chi connectivity index (χ2v) is 4.85. The van der Waals surface area contributed by atoms with Crippen molar-refractivity contribution < 1.29 is 9.53 Å². The zero-order chi connectivity index (χ0) is 14.5. The van der Waals surface area contributed by atoms with E-state index in [1.165, 1.54) is 4.90 Å². The third-order valence-electron chi connectivity index (χ3n) is 3.06. The Bertz CT molecular complexity index is 579. The van der Waals surface area contributed by atoms with Crippen LogP contribution in [0, 0.1) is 0 Å². The van der Waals surface area contributed by atoms with Gasteiger partial charge in [-0.15, -0.1) is 0 Å². The maximum absolute atomic E-state index is 11.9. The smallest absolute Gasteiger partial charge is 0.262 e. The molecule has 2 aromatic rings. The number of nitrogens with zero attached hydrogens (tertiary/aromatic N) is 1. The van der Waals surface area contributed by atoms with Crippen LogP contribution >= 0.6 is 0 Å². The van der Waals surface area contributed by atoms with Gasteiger partial charge in [0.25, 0.3) is 5.91 Å². The topological polar surface area (TPSA) is 29.5 Å². The molecule has 0 aliphatic heterocycles. The van der Waals surface area contributed by atoms with Gasteiger partial charge in [0.15, 0.2) is 6.10 Å². The summed E-state index contributed by atoms with van der Waals surface area (Å²) in [5.74, 6) is 0.675. The Hall–Kier alpha value is -2.29. The number of rotatable bonds is 4. The summed E-state index contributed by atoms with van der Waals surface area (Å²) in [6.45, 7) is 1.77. The summed E-state index contributed by atoms with van der Waals surface area (Å²) in [5, 5.41) is 0. The minimum Gasteiger partial charge on any atom is -0.480 e. The van der Waals surface area contributed by atoms with Crippen molar-refractivity contribution in [3.8, 4) is 16.9 Å². The lowest BCUT2D eigenvalue weighted by molar-refractivity contribution is -0.135. The standard InChI is InChI=1S/C17H19NO2/c1-13(17(19)18(2)3)20-16-12-8-7-11-15(16)14-9-5-4-6-10-14/h4-13H,1-3H3/t13-/m1/s1. The number of likely N-dealkylation sites (N-methyl/N-ethyl adjacent to an activating group) is 1. The molecule has 0 spiro atoms. The Kier molecular flexibility index (Phi) is 4.41. The average molecular weight is 269 g/mol. The van der Waals surface area contributed by atoms with Gasteiger partial charge in [0.2, 0.25) is 0 Å². The first-order chi connectivity index (χ1) is 9.59. The van der Waals surface area contributed by atoms with Gasteiger partial charge in [0.1, 0.15) is 5.75 Å². The fourth-order valence-electron chi connectivity index (χ4n) is 2.03. The molecule has 0 aromatic heterocycles. The lowest BCUT2D eigenvalue weighted by Gasteiger charge is -2.20. The van der Waals surface area contributed by atoms with E-state index in [0.29, 0.717) is 0 Å². The van der Waals surface area contributed by atoms with Crippen LogP contribution in [0.25, 0.3) is 11.1 Å². The molecule has 0 aliphatic carbocycles. The Morgan fingerprint density at radius 3 is 2.25 bits per heavy atom. The highest BCUT2D eigenvalue weighted by molar-refractivity contribution is 5.81. The van der Waals surface area contributed by atoms with Gasteiger partial charge >= 0.3 is 0 Å². The number of hydrogen-bond donors (Lipinski definition) is 0. The third-order valence-corrected chi connectivity index (χ3v) is 3.06. The van der Waals surface area contributed by atoms with E-state index >= 15 is 0 Å². The molecule has 0 aliphatic rings. The Morgan fingerprint density at radius 2 is 1.60 bits per heavy atom. The minimum absolute atomic E-state index is 0.0483. The van der Waals surface area contributed by atoms with E-state index in [1.54, 1.807) is 21.0 Å².